The van der Waals surface area contributed by atoms with Crippen molar-refractivity contribution in [3.8, 4) is 0 Å². The lowest BCUT2D eigenvalue weighted by Crippen LogP contribution is -2.18. The van der Waals surface area contributed by atoms with Gasteiger partial charge in [0.2, 0.25) is 16.0 Å². The van der Waals surface area contributed by atoms with Crippen LogP contribution in [0.5, 0.6) is 0 Å². The molecule has 10 nitrogen and oxygen atoms in total. The van der Waals surface area contributed by atoms with Gasteiger partial charge in [0.1, 0.15) is 0 Å². The topological polar surface area (TPSA) is 147 Å². The van der Waals surface area contributed by atoms with E-state index >= 15 is 0 Å². The van der Waals surface area contributed by atoms with Crippen molar-refractivity contribution in [1.82, 2.24) is 9.97 Å². The van der Waals surface area contributed by atoms with E-state index in [0.717, 1.165) is 6.26 Å². The molecule has 0 bridgehead atoms. The number of sulfonamides is 2. The van der Waals surface area contributed by atoms with Crippen molar-refractivity contribution in [3.05, 3.63) is 71.5 Å². The largest absolute Gasteiger partial charge is 0.322 e. The SMILES string of the molecule is Cc1cc(C)nc(NS(=O)(=O)c2ccc(NC(=O)c3ccccc3NS(C)(=O)=O)cc2)n1. The van der Waals surface area contributed by atoms with E-state index in [4.69, 9.17) is 0 Å². The first-order valence-corrected chi connectivity index (χ1v) is 12.6. The molecular formula is C20H21N5O5S2. The summed E-state index contributed by atoms with van der Waals surface area (Å²) in [4.78, 5) is 20.7. The van der Waals surface area contributed by atoms with Gasteiger partial charge in [-0.1, -0.05) is 12.1 Å². The lowest BCUT2D eigenvalue weighted by molar-refractivity contribution is 0.102. The van der Waals surface area contributed by atoms with E-state index in [2.05, 4.69) is 24.7 Å². The van der Waals surface area contributed by atoms with Crippen LogP contribution in [0, 0.1) is 13.8 Å². The minimum atomic E-state index is -3.94. The normalized spacial score (nSPS) is 11.6. The molecule has 0 fully saturated rings. The number of amides is 1. The molecule has 32 heavy (non-hydrogen) atoms. The smallest absolute Gasteiger partial charge is 0.264 e. The number of para-hydroxylation sites is 1. The van der Waals surface area contributed by atoms with Crippen LogP contribution in [0.1, 0.15) is 21.7 Å². The summed E-state index contributed by atoms with van der Waals surface area (Å²) in [5.41, 5.74) is 1.82. The number of anilines is 3. The first kappa shape index (κ1) is 23.2. The van der Waals surface area contributed by atoms with Crippen LogP contribution in [0.4, 0.5) is 17.3 Å². The number of nitrogens with zero attached hydrogens (tertiary/aromatic N) is 2. The highest BCUT2D eigenvalue weighted by atomic mass is 32.2. The Bertz CT molecular complexity index is 1350. The van der Waals surface area contributed by atoms with Crippen LogP contribution in [0.3, 0.4) is 0 Å². The Hall–Kier alpha value is -3.51. The molecule has 0 aliphatic rings. The fraction of sp³-hybridized carbons (Fsp3) is 0.150. The molecule has 3 N–H and O–H groups in total. The summed E-state index contributed by atoms with van der Waals surface area (Å²) in [5, 5.41) is 2.61. The van der Waals surface area contributed by atoms with Gasteiger partial charge in [-0.2, -0.15) is 0 Å². The third-order valence-electron chi connectivity index (χ3n) is 4.10. The van der Waals surface area contributed by atoms with E-state index in [9.17, 15) is 21.6 Å². The van der Waals surface area contributed by atoms with E-state index < -0.39 is 26.0 Å². The first-order valence-electron chi connectivity index (χ1n) is 9.26. The lowest BCUT2D eigenvalue weighted by Gasteiger charge is -2.12. The maximum atomic E-state index is 12.6. The molecule has 1 heterocycles. The van der Waals surface area contributed by atoms with Crippen LogP contribution in [0.2, 0.25) is 0 Å². The summed E-state index contributed by atoms with van der Waals surface area (Å²) >= 11 is 0. The Morgan fingerprint density at radius 2 is 1.44 bits per heavy atom. The van der Waals surface area contributed by atoms with Crippen molar-refractivity contribution < 1.29 is 21.6 Å². The Kier molecular flexibility index (Phi) is 6.46. The molecule has 1 amide bonds. The van der Waals surface area contributed by atoms with E-state index in [0.29, 0.717) is 17.1 Å². The molecular weight excluding hydrogens is 454 g/mol. The monoisotopic (exact) mass is 475 g/mol. The summed E-state index contributed by atoms with van der Waals surface area (Å²) in [6, 6.07) is 13.3. The minimum absolute atomic E-state index is 0.0325. The van der Waals surface area contributed by atoms with Gasteiger partial charge in [0.05, 0.1) is 22.4 Å². The highest BCUT2D eigenvalue weighted by Gasteiger charge is 2.17. The molecule has 0 radical (unpaired) electrons. The van der Waals surface area contributed by atoms with Crippen LogP contribution in [-0.4, -0.2) is 39.0 Å². The predicted molar refractivity (Wildman–Crippen MR) is 122 cm³/mol. The van der Waals surface area contributed by atoms with Crippen molar-refractivity contribution in [1.29, 1.82) is 0 Å². The van der Waals surface area contributed by atoms with Gasteiger partial charge >= 0.3 is 0 Å². The van der Waals surface area contributed by atoms with Gasteiger partial charge in [-0.15, -0.1) is 0 Å². The van der Waals surface area contributed by atoms with Gasteiger partial charge < -0.3 is 5.32 Å². The molecule has 0 saturated carbocycles. The summed E-state index contributed by atoms with van der Waals surface area (Å²) in [6.07, 6.45) is 0.984. The lowest BCUT2D eigenvalue weighted by atomic mass is 10.1. The number of carbonyl (C=O) groups is 1. The van der Waals surface area contributed by atoms with Crippen molar-refractivity contribution in [2.75, 3.05) is 21.0 Å². The summed E-state index contributed by atoms with van der Waals surface area (Å²) in [6.45, 7) is 3.46. The van der Waals surface area contributed by atoms with Crippen molar-refractivity contribution in [3.63, 3.8) is 0 Å². The number of rotatable bonds is 7. The van der Waals surface area contributed by atoms with E-state index in [1.165, 1.54) is 36.4 Å². The highest BCUT2D eigenvalue weighted by molar-refractivity contribution is 7.92. The quantitative estimate of drug-likeness (QED) is 0.476. The highest BCUT2D eigenvalue weighted by Crippen LogP contribution is 2.20. The van der Waals surface area contributed by atoms with Gasteiger partial charge in [-0.3, -0.25) is 9.52 Å². The fourth-order valence-electron chi connectivity index (χ4n) is 2.84. The number of hydrogen-bond acceptors (Lipinski definition) is 7. The van der Waals surface area contributed by atoms with Gasteiger partial charge in [0.25, 0.3) is 15.9 Å². The average molecular weight is 476 g/mol. The number of nitrogens with one attached hydrogen (secondary N) is 3. The van der Waals surface area contributed by atoms with E-state index in [1.54, 1.807) is 32.0 Å². The predicted octanol–water partition coefficient (Wildman–Crippen LogP) is 2.52. The Morgan fingerprint density at radius 1 is 0.844 bits per heavy atom. The maximum Gasteiger partial charge on any atom is 0.264 e. The zero-order valence-corrected chi connectivity index (χ0v) is 19.1. The van der Waals surface area contributed by atoms with Gasteiger partial charge in [-0.05, 0) is 56.3 Å². The molecule has 168 valence electrons. The van der Waals surface area contributed by atoms with Crippen LogP contribution in [0.15, 0.2) is 59.5 Å². The number of hydrogen-bond donors (Lipinski definition) is 3. The molecule has 0 spiro atoms. The third kappa shape index (κ3) is 6.02. The molecule has 0 aliphatic heterocycles. The molecule has 2 aromatic carbocycles. The van der Waals surface area contributed by atoms with Crippen LogP contribution < -0.4 is 14.8 Å². The standard InChI is InChI=1S/C20H21N5O5S2/c1-13-12-14(2)22-20(21-13)25-32(29,30)16-10-8-15(9-11-16)23-19(26)17-6-4-5-7-18(17)24-31(3,27)28/h4-12,24H,1-3H3,(H,23,26)(H,21,22,25). The van der Waals surface area contributed by atoms with Crippen LogP contribution in [-0.2, 0) is 20.0 Å². The van der Waals surface area contributed by atoms with E-state index in [-0.39, 0.29) is 22.1 Å². The van der Waals surface area contributed by atoms with E-state index in [1.807, 2.05) is 0 Å². The number of aryl methyl sites for hydroxylation is 2. The molecule has 0 saturated heterocycles. The molecule has 0 aliphatic carbocycles. The average Bonchev–Trinajstić information content (AvgIpc) is 2.66. The molecule has 12 heteroatoms. The molecule has 3 rings (SSSR count). The fourth-order valence-corrected chi connectivity index (χ4v) is 4.36. The van der Waals surface area contributed by atoms with Gasteiger partial charge in [0.15, 0.2) is 0 Å². The number of aromatic nitrogens is 2. The molecule has 0 unspecified atom stereocenters. The second kappa shape index (κ2) is 8.93. The van der Waals surface area contributed by atoms with Crippen molar-refractivity contribution >= 4 is 43.3 Å². The van der Waals surface area contributed by atoms with Gasteiger partial charge in [0, 0.05) is 17.1 Å². The summed E-state index contributed by atoms with van der Waals surface area (Å²) in [5.74, 6) is -0.594. The maximum absolute atomic E-state index is 12.6. The molecule has 1 aromatic heterocycles. The number of benzene rings is 2. The third-order valence-corrected chi connectivity index (χ3v) is 6.03. The summed E-state index contributed by atoms with van der Waals surface area (Å²) in [7, 11) is -7.51. The first-order chi connectivity index (χ1) is 14.9. The van der Waals surface area contributed by atoms with Gasteiger partial charge in [-0.25, -0.2) is 31.5 Å². The van der Waals surface area contributed by atoms with Crippen molar-refractivity contribution in [2.45, 2.75) is 18.7 Å². The molecule has 3 aromatic rings. The number of carbonyl (C=O) groups excluding carboxylic acids is 1. The second-order valence-corrected chi connectivity index (χ2v) is 10.4. The second-order valence-electron chi connectivity index (χ2n) is 6.98. The Labute approximate surface area is 186 Å². The Balaban J connectivity index is 1.77. The van der Waals surface area contributed by atoms with Crippen LogP contribution >= 0.6 is 0 Å². The zero-order chi connectivity index (χ0) is 23.5. The minimum Gasteiger partial charge on any atom is -0.322 e. The van der Waals surface area contributed by atoms with Crippen LogP contribution in [0.25, 0.3) is 0 Å². The zero-order valence-electron chi connectivity index (χ0n) is 17.4. The Morgan fingerprint density at radius 3 is 2.03 bits per heavy atom. The van der Waals surface area contributed by atoms with Crippen molar-refractivity contribution in [2.24, 2.45) is 0 Å². The summed E-state index contributed by atoms with van der Waals surface area (Å²) < 4.78 is 52.9. The molecule has 0 atom stereocenters.